The van der Waals surface area contributed by atoms with E-state index in [1.807, 2.05) is 0 Å². The van der Waals surface area contributed by atoms with Gasteiger partial charge in [0, 0.05) is 25.7 Å². The van der Waals surface area contributed by atoms with E-state index in [4.69, 9.17) is 5.11 Å². The fraction of sp³-hybridized carbons (Fsp3) is 0.308. The highest BCUT2D eigenvalue weighted by Gasteiger charge is 2.09. The molecule has 0 heterocycles. The molecule has 108 valence electrons. The summed E-state index contributed by atoms with van der Waals surface area (Å²) in [6.07, 6.45) is 0.179. The molecule has 0 aliphatic carbocycles. The molecule has 0 aromatic heterocycles. The molecule has 0 aliphatic heterocycles. The Kier molecular flexibility index (Phi) is 5.52. The van der Waals surface area contributed by atoms with Gasteiger partial charge in [0.05, 0.1) is 5.56 Å². The van der Waals surface area contributed by atoms with Crippen molar-refractivity contribution in [3.63, 3.8) is 0 Å². The van der Waals surface area contributed by atoms with Gasteiger partial charge in [-0.25, -0.2) is 9.59 Å². The Morgan fingerprint density at radius 2 is 1.95 bits per heavy atom. The van der Waals surface area contributed by atoms with Gasteiger partial charge in [-0.05, 0) is 24.6 Å². The molecule has 7 nitrogen and oxygen atoms in total. The Balaban J connectivity index is 2.59. The average molecular weight is 279 g/mol. The number of carboxylic acids is 1. The maximum atomic E-state index is 11.6. The van der Waals surface area contributed by atoms with Crippen molar-refractivity contribution in [3.8, 4) is 0 Å². The topological polar surface area (TPSA) is 108 Å². The van der Waals surface area contributed by atoms with E-state index < -0.39 is 12.0 Å². The van der Waals surface area contributed by atoms with Crippen LogP contribution in [0.3, 0.4) is 0 Å². The van der Waals surface area contributed by atoms with Crippen LogP contribution in [0, 0.1) is 6.92 Å². The van der Waals surface area contributed by atoms with Crippen LogP contribution in [0.25, 0.3) is 0 Å². The van der Waals surface area contributed by atoms with Crippen molar-refractivity contribution in [1.82, 2.24) is 10.6 Å². The smallest absolute Gasteiger partial charge is 0.335 e. The Hall–Kier alpha value is -2.57. The second kappa shape index (κ2) is 7.13. The number of benzene rings is 1. The van der Waals surface area contributed by atoms with Crippen molar-refractivity contribution in [3.05, 3.63) is 29.3 Å². The molecule has 0 saturated carbocycles. The van der Waals surface area contributed by atoms with Gasteiger partial charge in [-0.15, -0.1) is 0 Å². The van der Waals surface area contributed by atoms with Gasteiger partial charge in [-0.3, -0.25) is 4.79 Å². The summed E-state index contributed by atoms with van der Waals surface area (Å²) in [6.45, 7) is 1.95. The van der Waals surface area contributed by atoms with Crippen molar-refractivity contribution in [2.75, 3.05) is 18.9 Å². The molecule has 0 atom stereocenters. The monoisotopic (exact) mass is 279 g/mol. The molecule has 0 spiro atoms. The fourth-order valence-corrected chi connectivity index (χ4v) is 1.47. The number of anilines is 1. The van der Waals surface area contributed by atoms with Gasteiger partial charge in [0.1, 0.15) is 0 Å². The molecule has 7 heteroatoms. The minimum absolute atomic E-state index is 0.0938. The molecular weight excluding hydrogens is 262 g/mol. The predicted octanol–water partition coefficient (Wildman–Crippen LogP) is 0.951. The van der Waals surface area contributed by atoms with E-state index >= 15 is 0 Å². The molecule has 0 radical (unpaired) electrons. The van der Waals surface area contributed by atoms with Crippen LogP contribution in [-0.4, -0.2) is 36.6 Å². The van der Waals surface area contributed by atoms with Crippen molar-refractivity contribution in [2.45, 2.75) is 13.3 Å². The lowest BCUT2D eigenvalue weighted by atomic mass is 10.1. The minimum Gasteiger partial charge on any atom is -0.478 e. The number of hydrogen-bond acceptors (Lipinski definition) is 3. The van der Waals surface area contributed by atoms with Crippen LogP contribution < -0.4 is 16.0 Å². The molecule has 0 saturated heterocycles. The van der Waals surface area contributed by atoms with E-state index in [1.165, 1.54) is 19.2 Å². The lowest BCUT2D eigenvalue weighted by Crippen LogP contribution is -2.32. The minimum atomic E-state index is -1.06. The normalized spacial score (nSPS) is 9.70. The number of urea groups is 1. The third-order valence-corrected chi connectivity index (χ3v) is 2.65. The molecule has 1 aromatic rings. The van der Waals surface area contributed by atoms with Gasteiger partial charge in [0.2, 0.25) is 5.91 Å². The first-order valence-electron chi connectivity index (χ1n) is 6.03. The number of carboxylic acid groups (broad SMARTS) is 1. The Bertz CT molecular complexity index is 528. The zero-order valence-corrected chi connectivity index (χ0v) is 11.3. The maximum absolute atomic E-state index is 11.6. The van der Waals surface area contributed by atoms with E-state index in [0.717, 1.165) is 5.56 Å². The van der Waals surface area contributed by atoms with Gasteiger partial charge in [-0.1, -0.05) is 6.07 Å². The molecule has 4 N–H and O–H groups in total. The zero-order chi connectivity index (χ0) is 15.1. The SMILES string of the molecule is CNC(=O)CCNC(=O)Nc1cc(C(=O)O)ccc1C. The van der Waals surface area contributed by atoms with E-state index in [1.54, 1.807) is 13.0 Å². The van der Waals surface area contributed by atoms with E-state index in [-0.39, 0.29) is 24.4 Å². The molecule has 20 heavy (non-hydrogen) atoms. The molecule has 0 unspecified atom stereocenters. The molecule has 0 bridgehead atoms. The highest BCUT2D eigenvalue weighted by Crippen LogP contribution is 2.16. The lowest BCUT2D eigenvalue weighted by Gasteiger charge is -2.10. The number of nitrogens with one attached hydrogen (secondary N) is 3. The van der Waals surface area contributed by atoms with Crippen molar-refractivity contribution >= 4 is 23.6 Å². The molecule has 1 rings (SSSR count). The standard InChI is InChI=1S/C13H17N3O4/c1-8-3-4-9(12(18)19)7-10(8)16-13(20)15-6-5-11(17)14-2/h3-4,7H,5-6H2,1-2H3,(H,14,17)(H,18,19)(H2,15,16,20). The van der Waals surface area contributed by atoms with Crippen LogP contribution in [0.4, 0.5) is 10.5 Å². The molecule has 0 fully saturated rings. The number of aromatic carboxylic acids is 1. The summed E-state index contributed by atoms with van der Waals surface area (Å²) in [6, 6.07) is 3.98. The quantitative estimate of drug-likeness (QED) is 0.643. The number of aryl methyl sites for hydroxylation is 1. The number of carbonyl (C=O) groups excluding carboxylic acids is 2. The summed E-state index contributed by atoms with van der Waals surface area (Å²) in [7, 11) is 1.52. The van der Waals surface area contributed by atoms with Gasteiger partial charge in [0.15, 0.2) is 0 Å². The van der Waals surface area contributed by atoms with Gasteiger partial charge < -0.3 is 21.1 Å². The largest absolute Gasteiger partial charge is 0.478 e. The first kappa shape index (κ1) is 15.5. The Morgan fingerprint density at radius 1 is 1.25 bits per heavy atom. The van der Waals surface area contributed by atoms with Crippen LogP contribution in [0.1, 0.15) is 22.3 Å². The molecule has 3 amide bonds. The van der Waals surface area contributed by atoms with Crippen LogP contribution in [0.5, 0.6) is 0 Å². The van der Waals surface area contributed by atoms with Crippen molar-refractivity contribution in [1.29, 1.82) is 0 Å². The maximum Gasteiger partial charge on any atom is 0.335 e. The summed E-state index contributed by atoms with van der Waals surface area (Å²) in [5.41, 5.74) is 1.26. The number of hydrogen-bond donors (Lipinski definition) is 4. The van der Waals surface area contributed by atoms with Crippen LogP contribution >= 0.6 is 0 Å². The second-order valence-electron chi connectivity index (χ2n) is 4.14. The van der Waals surface area contributed by atoms with Gasteiger partial charge >= 0.3 is 12.0 Å². The third kappa shape index (κ3) is 4.60. The molecular formula is C13H17N3O4. The summed E-state index contributed by atoms with van der Waals surface area (Å²) >= 11 is 0. The molecule has 1 aromatic carbocycles. The average Bonchev–Trinajstić information content (AvgIpc) is 2.40. The lowest BCUT2D eigenvalue weighted by molar-refractivity contribution is -0.120. The fourth-order valence-electron chi connectivity index (χ4n) is 1.47. The van der Waals surface area contributed by atoms with E-state index in [2.05, 4.69) is 16.0 Å². The summed E-state index contributed by atoms with van der Waals surface area (Å²) < 4.78 is 0. The summed E-state index contributed by atoms with van der Waals surface area (Å²) in [5.74, 6) is -1.23. The van der Waals surface area contributed by atoms with Gasteiger partial charge in [0.25, 0.3) is 0 Å². The van der Waals surface area contributed by atoms with E-state index in [9.17, 15) is 14.4 Å². The van der Waals surface area contributed by atoms with Crippen molar-refractivity contribution < 1.29 is 19.5 Å². The summed E-state index contributed by atoms with van der Waals surface area (Å²) in [5, 5.41) is 16.4. The number of amides is 3. The Labute approximate surface area is 116 Å². The van der Waals surface area contributed by atoms with Crippen LogP contribution in [0.15, 0.2) is 18.2 Å². The highest BCUT2D eigenvalue weighted by atomic mass is 16.4. The number of rotatable bonds is 5. The van der Waals surface area contributed by atoms with E-state index in [0.29, 0.717) is 5.69 Å². The van der Waals surface area contributed by atoms with Crippen LogP contribution in [0.2, 0.25) is 0 Å². The first-order chi connectivity index (χ1) is 9.43. The summed E-state index contributed by atoms with van der Waals surface area (Å²) in [4.78, 5) is 33.4. The Morgan fingerprint density at radius 3 is 2.55 bits per heavy atom. The number of carbonyl (C=O) groups is 3. The highest BCUT2D eigenvalue weighted by molar-refractivity contribution is 5.94. The van der Waals surface area contributed by atoms with Crippen LogP contribution in [-0.2, 0) is 4.79 Å². The second-order valence-corrected chi connectivity index (χ2v) is 4.14. The zero-order valence-electron chi connectivity index (χ0n) is 11.3. The third-order valence-electron chi connectivity index (χ3n) is 2.65. The first-order valence-corrected chi connectivity index (χ1v) is 6.03. The van der Waals surface area contributed by atoms with Crippen molar-refractivity contribution in [2.24, 2.45) is 0 Å². The molecule has 0 aliphatic rings. The predicted molar refractivity (Wildman–Crippen MR) is 73.8 cm³/mol. The van der Waals surface area contributed by atoms with Gasteiger partial charge in [-0.2, -0.15) is 0 Å².